The highest BCUT2D eigenvalue weighted by Gasteiger charge is 2.28. The van der Waals surface area contributed by atoms with Crippen molar-refractivity contribution >= 4 is 11.9 Å². The minimum atomic E-state index is -4.42. The lowest BCUT2D eigenvalue weighted by atomic mass is 10.1. The number of alkyl halides is 3. The van der Waals surface area contributed by atoms with E-state index in [1.165, 1.54) is 24.3 Å². The van der Waals surface area contributed by atoms with Crippen molar-refractivity contribution in [2.45, 2.75) is 12.6 Å². The molecule has 0 atom stereocenters. The van der Waals surface area contributed by atoms with Crippen LogP contribution in [0.25, 0.3) is 0 Å². The number of carboxylic acid groups (broad SMARTS) is 1. The molecule has 0 fully saturated rings. The van der Waals surface area contributed by atoms with Crippen molar-refractivity contribution in [1.29, 1.82) is 0 Å². The van der Waals surface area contributed by atoms with Crippen LogP contribution in [0.5, 0.6) is 11.5 Å². The summed E-state index contributed by atoms with van der Waals surface area (Å²) in [5, 5.41) is 11.3. The molecule has 0 aliphatic carbocycles. The van der Waals surface area contributed by atoms with Crippen LogP contribution < -0.4 is 14.8 Å². The van der Waals surface area contributed by atoms with Crippen LogP contribution in [0.15, 0.2) is 48.5 Å². The molecular weight excluding hydrogens is 379 g/mol. The van der Waals surface area contributed by atoms with Gasteiger partial charge in [0, 0.05) is 12.1 Å². The first-order valence-corrected chi connectivity index (χ1v) is 8.24. The van der Waals surface area contributed by atoms with Crippen LogP contribution in [0, 0.1) is 0 Å². The average Bonchev–Trinajstić information content (AvgIpc) is 2.65. The van der Waals surface area contributed by atoms with Gasteiger partial charge in [-0.15, -0.1) is 0 Å². The predicted octanol–water partition coefficient (Wildman–Crippen LogP) is 3.06. The van der Waals surface area contributed by atoms with Gasteiger partial charge in [0.2, 0.25) is 0 Å². The Morgan fingerprint density at radius 3 is 2.07 bits per heavy atom. The minimum absolute atomic E-state index is 0.0269. The molecule has 0 aliphatic heterocycles. The molecule has 0 saturated heterocycles. The highest BCUT2D eigenvalue weighted by Crippen LogP contribution is 2.19. The number of halogens is 3. The molecule has 0 radical (unpaired) electrons. The van der Waals surface area contributed by atoms with Gasteiger partial charge in [-0.1, -0.05) is 12.1 Å². The summed E-state index contributed by atoms with van der Waals surface area (Å²) in [5.41, 5.74) is 1.22. The number of ether oxygens (including phenoxy) is 2. The number of carbonyl (C=O) groups is 2. The molecule has 2 aromatic carbocycles. The summed E-state index contributed by atoms with van der Waals surface area (Å²) in [6, 6.07) is 12.2. The summed E-state index contributed by atoms with van der Waals surface area (Å²) < 4.78 is 45.9. The molecule has 9 heteroatoms. The van der Waals surface area contributed by atoms with E-state index in [-0.39, 0.29) is 11.7 Å². The molecule has 2 rings (SSSR count). The minimum Gasteiger partial charge on any atom is -0.484 e. The highest BCUT2D eigenvalue weighted by atomic mass is 19.4. The summed E-state index contributed by atoms with van der Waals surface area (Å²) in [4.78, 5) is 22.5. The normalized spacial score (nSPS) is 11.0. The number of carbonyl (C=O) groups excluding carboxylic acids is 1. The summed E-state index contributed by atoms with van der Waals surface area (Å²) in [7, 11) is 0. The molecule has 0 aliphatic rings. The second kappa shape index (κ2) is 9.63. The van der Waals surface area contributed by atoms with Gasteiger partial charge in [0.05, 0.1) is 0 Å². The Labute approximate surface area is 158 Å². The maximum atomic E-state index is 12.1. The fourth-order valence-corrected chi connectivity index (χ4v) is 2.19. The second-order valence-electron chi connectivity index (χ2n) is 5.76. The number of hydrogen-bond acceptors (Lipinski definition) is 4. The largest absolute Gasteiger partial charge is 0.484 e. The smallest absolute Gasteiger partial charge is 0.422 e. The van der Waals surface area contributed by atoms with Crippen molar-refractivity contribution < 1.29 is 37.3 Å². The van der Waals surface area contributed by atoms with Crippen LogP contribution in [-0.4, -0.2) is 42.9 Å². The summed E-state index contributed by atoms with van der Waals surface area (Å²) in [6.45, 7) is -1.46. The zero-order valence-electron chi connectivity index (χ0n) is 14.7. The van der Waals surface area contributed by atoms with Gasteiger partial charge in [-0.3, -0.25) is 4.79 Å². The van der Waals surface area contributed by atoms with Crippen LogP contribution in [0.1, 0.15) is 15.9 Å². The van der Waals surface area contributed by atoms with Crippen molar-refractivity contribution in [3.8, 4) is 11.5 Å². The standard InChI is InChI=1S/C19H18F3NO5/c20-19(21,22)12-28-16-7-3-14(4-8-16)18(26)23-10-9-13-1-5-15(6-2-13)27-11-17(24)25/h1-8H,9-12H2,(H,23,26)(H,24,25). The van der Waals surface area contributed by atoms with E-state index in [1.807, 2.05) is 0 Å². The number of rotatable bonds is 9. The molecule has 0 unspecified atom stereocenters. The Kier molecular flexibility index (Phi) is 7.25. The van der Waals surface area contributed by atoms with E-state index in [0.29, 0.717) is 24.3 Å². The molecule has 0 spiro atoms. The molecule has 0 saturated carbocycles. The van der Waals surface area contributed by atoms with Crippen molar-refractivity contribution in [2.75, 3.05) is 19.8 Å². The first kappa shape index (κ1) is 21.1. The topological polar surface area (TPSA) is 84.9 Å². The molecule has 1 amide bonds. The molecule has 2 aromatic rings. The van der Waals surface area contributed by atoms with Crippen LogP contribution in [-0.2, 0) is 11.2 Å². The summed E-state index contributed by atoms with van der Waals surface area (Å²) in [6.07, 6.45) is -3.88. The number of carboxylic acids is 1. The van der Waals surface area contributed by atoms with Gasteiger partial charge in [-0.25, -0.2) is 4.79 Å². The first-order valence-electron chi connectivity index (χ1n) is 8.24. The number of amides is 1. The van der Waals surface area contributed by atoms with Gasteiger partial charge in [-0.2, -0.15) is 13.2 Å². The third-order valence-electron chi connectivity index (χ3n) is 3.50. The van der Waals surface area contributed by atoms with Gasteiger partial charge < -0.3 is 19.9 Å². The van der Waals surface area contributed by atoms with Crippen molar-refractivity contribution in [3.05, 3.63) is 59.7 Å². The van der Waals surface area contributed by atoms with Gasteiger partial charge in [0.1, 0.15) is 11.5 Å². The molecular formula is C19H18F3NO5. The monoisotopic (exact) mass is 397 g/mol. The quantitative estimate of drug-likeness (QED) is 0.679. The second-order valence-corrected chi connectivity index (χ2v) is 5.76. The average molecular weight is 397 g/mol. The summed E-state index contributed by atoms with van der Waals surface area (Å²) in [5.74, 6) is -0.961. The van der Waals surface area contributed by atoms with Crippen molar-refractivity contribution in [3.63, 3.8) is 0 Å². The van der Waals surface area contributed by atoms with E-state index >= 15 is 0 Å². The fraction of sp³-hybridized carbons (Fsp3) is 0.263. The lowest BCUT2D eigenvalue weighted by Crippen LogP contribution is -2.25. The first-order chi connectivity index (χ1) is 13.2. The van der Waals surface area contributed by atoms with E-state index in [4.69, 9.17) is 9.84 Å². The van der Waals surface area contributed by atoms with Crippen molar-refractivity contribution in [1.82, 2.24) is 5.32 Å². The molecule has 2 N–H and O–H groups in total. The number of aliphatic carboxylic acids is 1. The molecule has 0 heterocycles. The third kappa shape index (κ3) is 7.56. The number of hydrogen-bond donors (Lipinski definition) is 2. The Bertz CT molecular complexity index is 789. The number of nitrogens with one attached hydrogen (secondary N) is 1. The van der Waals surface area contributed by atoms with E-state index in [9.17, 15) is 22.8 Å². The molecule has 6 nitrogen and oxygen atoms in total. The number of benzene rings is 2. The molecule has 0 bridgehead atoms. The predicted molar refractivity (Wildman–Crippen MR) is 93.6 cm³/mol. The van der Waals surface area contributed by atoms with E-state index in [2.05, 4.69) is 10.1 Å². The van der Waals surface area contributed by atoms with Gasteiger partial charge in [-0.05, 0) is 48.4 Å². The zero-order valence-corrected chi connectivity index (χ0v) is 14.7. The van der Waals surface area contributed by atoms with E-state index < -0.39 is 25.4 Å². The third-order valence-corrected chi connectivity index (χ3v) is 3.50. The van der Waals surface area contributed by atoms with Crippen molar-refractivity contribution in [2.24, 2.45) is 0 Å². The molecule has 150 valence electrons. The Morgan fingerprint density at radius 2 is 1.50 bits per heavy atom. The Balaban J connectivity index is 1.76. The molecule has 0 aromatic heterocycles. The maximum Gasteiger partial charge on any atom is 0.422 e. The fourth-order valence-electron chi connectivity index (χ4n) is 2.19. The van der Waals surface area contributed by atoms with E-state index in [1.54, 1.807) is 24.3 Å². The van der Waals surface area contributed by atoms with Crippen LogP contribution in [0.4, 0.5) is 13.2 Å². The lowest BCUT2D eigenvalue weighted by molar-refractivity contribution is -0.153. The van der Waals surface area contributed by atoms with Crippen LogP contribution in [0.2, 0.25) is 0 Å². The Morgan fingerprint density at radius 1 is 0.929 bits per heavy atom. The van der Waals surface area contributed by atoms with Gasteiger partial charge >= 0.3 is 12.1 Å². The van der Waals surface area contributed by atoms with Crippen LogP contribution in [0.3, 0.4) is 0 Å². The maximum absolute atomic E-state index is 12.1. The highest BCUT2D eigenvalue weighted by molar-refractivity contribution is 5.94. The lowest BCUT2D eigenvalue weighted by Gasteiger charge is -2.10. The molecule has 28 heavy (non-hydrogen) atoms. The Hall–Kier alpha value is -3.23. The van der Waals surface area contributed by atoms with Crippen LogP contribution >= 0.6 is 0 Å². The summed E-state index contributed by atoms with van der Waals surface area (Å²) >= 11 is 0. The SMILES string of the molecule is O=C(O)COc1ccc(CCNC(=O)c2ccc(OCC(F)(F)F)cc2)cc1. The zero-order chi connectivity index (χ0) is 20.6. The van der Waals surface area contributed by atoms with Gasteiger partial charge in [0.15, 0.2) is 13.2 Å². The van der Waals surface area contributed by atoms with Gasteiger partial charge in [0.25, 0.3) is 5.91 Å². The van der Waals surface area contributed by atoms with E-state index in [0.717, 1.165) is 5.56 Å².